The van der Waals surface area contributed by atoms with E-state index in [2.05, 4.69) is 86.3 Å². The van der Waals surface area contributed by atoms with Crippen LogP contribution in [-0.2, 0) is 0 Å². The van der Waals surface area contributed by atoms with Crippen LogP contribution < -0.4 is 0 Å². The van der Waals surface area contributed by atoms with Crippen LogP contribution in [-0.4, -0.2) is 8.41 Å². The van der Waals surface area contributed by atoms with Gasteiger partial charge in [0.15, 0.2) is 0 Å². The Balaban J connectivity index is -0.000000333. The van der Waals surface area contributed by atoms with Crippen LogP contribution >= 0.6 is 70.5 Å². The molecule has 0 saturated heterocycles. The molecule has 3 radical (unpaired) electrons. The number of hydrogen-bond donors (Lipinski definition) is 0. The molecule has 147 valence electrons. The molecule has 2 aromatic heterocycles. The molecule has 0 fully saturated rings. The summed E-state index contributed by atoms with van der Waals surface area (Å²) in [6.45, 7) is 12.4. The van der Waals surface area contributed by atoms with Gasteiger partial charge in [0, 0.05) is 38.9 Å². The molecule has 0 nitrogen and oxygen atoms in total. The first kappa shape index (κ1) is 31.7. The predicted molar refractivity (Wildman–Crippen MR) is 139 cm³/mol. The van der Waals surface area contributed by atoms with E-state index < -0.39 is 0 Å². The van der Waals surface area contributed by atoms with Gasteiger partial charge in [0.1, 0.15) is 0 Å². The summed E-state index contributed by atoms with van der Waals surface area (Å²) in [5.41, 5.74) is 0.163. The van der Waals surface area contributed by atoms with Gasteiger partial charge in [0.2, 0.25) is 0 Å². The molecule has 0 amide bonds. The fourth-order valence-electron chi connectivity index (χ4n) is 0.917. The summed E-state index contributed by atoms with van der Waals surface area (Å²) < 4.78 is 3.43. The van der Waals surface area contributed by atoms with E-state index in [1.54, 1.807) is 22.7 Å². The van der Waals surface area contributed by atoms with E-state index >= 15 is 0 Å². The second kappa shape index (κ2) is 14.9. The number of rotatable bonds is 0. The highest BCUT2D eigenvalue weighted by atomic mass is 79.9. The third-order valence-electron chi connectivity index (χ3n) is 2.10. The topological polar surface area (TPSA) is 0 Å². The fourth-order valence-corrected chi connectivity index (χ4v) is 4.17. The molecule has 27 heavy (non-hydrogen) atoms. The summed E-state index contributed by atoms with van der Waals surface area (Å²) in [6.07, 6.45) is 5.06. The molecule has 0 bridgehead atoms. The summed E-state index contributed by atoms with van der Waals surface area (Å²) in [7, 11) is 0. The number of terminal acetylenes is 1. The van der Waals surface area contributed by atoms with Gasteiger partial charge in [-0.15, -0.1) is 35.0 Å². The lowest BCUT2D eigenvalue weighted by Gasteiger charge is -2.06. The van der Waals surface area contributed by atoms with Gasteiger partial charge in [0.05, 0.1) is 8.66 Å². The quantitative estimate of drug-likeness (QED) is 0.211. The van der Waals surface area contributed by atoms with Gasteiger partial charge in [-0.3, -0.25) is 0 Å². The molecule has 0 saturated carbocycles. The molecule has 0 N–H and O–H groups in total. The average Bonchev–Trinajstić information content (AvgIpc) is 3.05. The molecule has 0 aliphatic rings. The Morgan fingerprint density at radius 2 is 1.30 bits per heavy atom. The Morgan fingerprint density at radius 3 is 1.52 bits per heavy atom. The third kappa shape index (κ3) is 20.6. The SMILES string of the molecule is Brc1csc(Br)c1.C.C#CC(C)(C)C.CC(C)(C)C#Cc1cc(Br)cs1.[B]. The number of hydrogen-bond acceptors (Lipinski definition) is 2. The highest BCUT2D eigenvalue weighted by molar-refractivity contribution is 9.11. The normalized spacial score (nSPS) is 9.48. The summed E-state index contributed by atoms with van der Waals surface area (Å²) in [6, 6.07) is 4.06. The molecule has 2 rings (SSSR count). The van der Waals surface area contributed by atoms with Crippen molar-refractivity contribution in [2.75, 3.05) is 0 Å². The van der Waals surface area contributed by atoms with Crippen molar-refractivity contribution in [2.24, 2.45) is 10.8 Å². The minimum atomic E-state index is 0. The van der Waals surface area contributed by atoms with Gasteiger partial charge < -0.3 is 0 Å². The number of thiophene rings is 2. The van der Waals surface area contributed by atoms with Gasteiger partial charge in [-0.05, 0) is 101 Å². The van der Waals surface area contributed by atoms with Crippen molar-refractivity contribution >= 4 is 78.9 Å². The van der Waals surface area contributed by atoms with Crippen LogP contribution in [0, 0.1) is 35.0 Å². The van der Waals surface area contributed by atoms with Gasteiger partial charge in [-0.2, -0.15) is 0 Å². The van der Waals surface area contributed by atoms with E-state index in [-0.39, 0.29) is 26.7 Å². The van der Waals surface area contributed by atoms with Gasteiger partial charge in [-0.1, -0.05) is 19.3 Å². The van der Waals surface area contributed by atoms with Crippen LogP contribution in [0.15, 0.2) is 35.6 Å². The van der Waals surface area contributed by atoms with Gasteiger partial charge in [0.25, 0.3) is 0 Å². The van der Waals surface area contributed by atoms with Crippen molar-refractivity contribution in [3.63, 3.8) is 0 Å². The third-order valence-corrected chi connectivity index (χ3v) is 5.97. The zero-order valence-corrected chi connectivity index (χ0v) is 22.3. The van der Waals surface area contributed by atoms with E-state index in [4.69, 9.17) is 6.42 Å². The van der Waals surface area contributed by atoms with Gasteiger partial charge >= 0.3 is 0 Å². The maximum absolute atomic E-state index is 5.06. The van der Waals surface area contributed by atoms with E-state index in [1.165, 1.54) is 3.79 Å². The van der Waals surface area contributed by atoms with E-state index in [1.807, 2.05) is 43.7 Å². The first-order valence-corrected chi connectivity index (χ1v) is 11.6. The minimum absolute atomic E-state index is 0. The molecule has 0 spiro atoms. The zero-order chi connectivity index (χ0) is 19.7. The smallest absolute Gasteiger partial charge is 0.0780 e. The van der Waals surface area contributed by atoms with E-state index in [0.717, 1.165) is 13.8 Å². The van der Waals surface area contributed by atoms with Crippen LogP contribution in [0.5, 0.6) is 0 Å². The summed E-state index contributed by atoms with van der Waals surface area (Å²) >= 11 is 13.4. The Labute approximate surface area is 201 Å². The second-order valence-electron chi connectivity index (χ2n) is 7.09. The predicted octanol–water partition coefficient (Wildman–Crippen LogP) is 9.10. The monoisotopic (exact) mass is 591 g/mol. The largest absolute Gasteiger partial charge is 0.136 e. The van der Waals surface area contributed by atoms with Crippen molar-refractivity contribution in [3.05, 3.63) is 40.5 Å². The summed E-state index contributed by atoms with van der Waals surface area (Å²) in [5.74, 6) is 8.94. The summed E-state index contributed by atoms with van der Waals surface area (Å²) in [5, 5.41) is 4.08. The molecule has 2 heterocycles. The Kier molecular flexibility index (Phi) is 17.6. The molecule has 2 aromatic rings. The van der Waals surface area contributed by atoms with E-state index in [0.29, 0.717) is 0 Å². The highest BCUT2D eigenvalue weighted by Gasteiger charge is 2.03. The molecule has 0 aromatic carbocycles. The first-order valence-electron chi connectivity index (χ1n) is 7.47. The van der Waals surface area contributed by atoms with Gasteiger partial charge in [-0.25, -0.2) is 0 Å². The standard InChI is InChI=1S/C10H11BrS.C6H10.C4H2Br2S.CH4.B/c1-10(2,3)5-4-9-6-8(11)7-12-9;1-5-6(2,3)4;5-3-1-4(6)7-2-3;;/h6-7H,1-3H3;1H,2-4H3;1-2H;1H4;. The van der Waals surface area contributed by atoms with E-state index in [9.17, 15) is 0 Å². The lowest BCUT2D eigenvalue weighted by molar-refractivity contribution is 0.571. The lowest BCUT2D eigenvalue weighted by atomic mass is 9.98. The second-order valence-corrected chi connectivity index (χ2v) is 12.1. The van der Waals surface area contributed by atoms with Crippen molar-refractivity contribution in [1.29, 1.82) is 0 Å². The molecule has 0 aliphatic heterocycles. The minimum Gasteiger partial charge on any atom is -0.136 e. The zero-order valence-electron chi connectivity index (χ0n) is 15.9. The summed E-state index contributed by atoms with van der Waals surface area (Å²) in [4.78, 5) is 1.12. The van der Waals surface area contributed by atoms with Crippen LogP contribution in [0.2, 0.25) is 0 Å². The maximum atomic E-state index is 5.06. The lowest BCUT2D eigenvalue weighted by Crippen LogP contribution is -1.98. The van der Waals surface area contributed by atoms with Crippen molar-refractivity contribution in [1.82, 2.24) is 0 Å². The average molecular weight is 594 g/mol. The fraction of sp³-hybridized carbons (Fsp3) is 0.429. The molecule has 0 atom stereocenters. The van der Waals surface area contributed by atoms with Crippen LogP contribution in [0.25, 0.3) is 0 Å². The Morgan fingerprint density at radius 1 is 0.852 bits per heavy atom. The molecular weight excluding hydrogens is 567 g/mol. The molecule has 0 aliphatic carbocycles. The van der Waals surface area contributed by atoms with Crippen LogP contribution in [0.4, 0.5) is 0 Å². The molecular formula is C21H27BBr3S2. The van der Waals surface area contributed by atoms with Crippen LogP contribution in [0.1, 0.15) is 53.8 Å². The first-order chi connectivity index (χ1) is 11.3. The molecule has 0 unspecified atom stereocenters. The molecule has 6 heteroatoms. The van der Waals surface area contributed by atoms with Crippen molar-refractivity contribution in [2.45, 2.75) is 49.0 Å². The van der Waals surface area contributed by atoms with Crippen LogP contribution in [0.3, 0.4) is 0 Å². The Bertz CT molecular complexity index is 729. The number of halogens is 3. The highest BCUT2D eigenvalue weighted by Crippen LogP contribution is 2.24. The van der Waals surface area contributed by atoms with Crippen molar-refractivity contribution in [3.8, 4) is 24.2 Å². The van der Waals surface area contributed by atoms with Crippen molar-refractivity contribution < 1.29 is 0 Å². The maximum Gasteiger partial charge on any atom is 0.0780 e. The Hall–Kier alpha value is 0.0249.